The van der Waals surface area contributed by atoms with Gasteiger partial charge in [-0.2, -0.15) is 0 Å². The smallest absolute Gasteiger partial charge is 0.116 e. The Morgan fingerprint density at radius 2 is 1.06 bits per heavy atom. The summed E-state index contributed by atoms with van der Waals surface area (Å²) < 4.78 is 0. The molecular weight excluding hydrogens is 573 g/mol. The monoisotopic (exact) mass is 600 g/mol. The quantitative estimate of drug-likeness (QED) is 0.197. The van der Waals surface area contributed by atoms with Gasteiger partial charge in [0, 0.05) is 27.8 Å². The van der Waals surface area contributed by atoms with Crippen molar-refractivity contribution in [3.8, 4) is 56.0 Å². The fourth-order valence-corrected chi connectivity index (χ4v) is 6.72. The first-order valence-electron chi connectivity index (χ1n) is 15.8. The minimum absolute atomic E-state index is 0.916. The Balaban J connectivity index is 1.22. The van der Waals surface area contributed by atoms with E-state index in [2.05, 4.69) is 162 Å². The molecule has 3 heterocycles. The third kappa shape index (κ3) is 4.75. The van der Waals surface area contributed by atoms with Gasteiger partial charge in [-0.05, 0) is 70.1 Å². The van der Waals surface area contributed by atoms with Gasteiger partial charge in [-0.15, -0.1) is 0 Å². The molecule has 0 atom stereocenters. The van der Waals surface area contributed by atoms with Gasteiger partial charge in [0.1, 0.15) is 6.33 Å². The minimum Gasteiger partial charge on any atom is -0.306 e. The van der Waals surface area contributed by atoms with Gasteiger partial charge in [0.05, 0.1) is 34.7 Å². The first-order valence-corrected chi connectivity index (χ1v) is 15.8. The van der Waals surface area contributed by atoms with Crippen molar-refractivity contribution >= 4 is 27.8 Å². The third-order valence-electron chi connectivity index (χ3n) is 8.89. The maximum atomic E-state index is 5.20. The van der Waals surface area contributed by atoms with E-state index in [1.165, 1.54) is 21.9 Å². The Labute approximate surface area is 273 Å². The summed E-state index contributed by atoms with van der Waals surface area (Å²) >= 11 is 0. The standard InChI is InChI=1S/C43H28N4/c1-4-12-29(13-5-1)34-22-33-19-11-21-40-42(33)37(24-34)43-41(27-44-28-45-43)47(40)36-20-10-18-32(23-36)39-26-35(30-14-6-2-7-15-30)25-38(46-39)31-16-8-3-9-17-31/h1-28H. The van der Waals surface area contributed by atoms with Crippen molar-refractivity contribution in [2.45, 2.75) is 0 Å². The average molecular weight is 601 g/mol. The van der Waals surface area contributed by atoms with Gasteiger partial charge in [-0.25, -0.2) is 15.0 Å². The fraction of sp³-hybridized carbons (Fsp3) is 0. The molecule has 47 heavy (non-hydrogen) atoms. The molecule has 220 valence electrons. The van der Waals surface area contributed by atoms with Crippen LogP contribution in [0.2, 0.25) is 0 Å². The summed E-state index contributed by atoms with van der Waals surface area (Å²) in [6.07, 6.45) is 3.57. The van der Waals surface area contributed by atoms with Gasteiger partial charge >= 0.3 is 0 Å². The lowest BCUT2D eigenvalue weighted by Crippen LogP contribution is -2.16. The largest absolute Gasteiger partial charge is 0.306 e. The van der Waals surface area contributed by atoms with E-state index in [9.17, 15) is 0 Å². The number of nitrogens with zero attached hydrogens (tertiary/aromatic N) is 4. The molecule has 0 unspecified atom stereocenters. The van der Waals surface area contributed by atoms with Crippen molar-refractivity contribution in [3.05, 3.63) is 170 Å². The van der Waals surface area contributed by atoms with Crippen LogP contribution in [0.3, 0.4) is 0 Å². The minimum atomic E-state index is 0.916. The normalized spacial score (nSPS) is 11.8. The van der Waals surface area contributed by atoms with Crippen molar-refractivity contribution in [3.63, 3.8) is 0 Å². The molecule has 1 aliphatic rings. The summed E-state index contributed by atoms with van der Waals surface area (Å²) in [5.41, 5.74) is 13.7. The summed E-state index contributed by atoms with van der Waals surface area (Å²) in [5.74, 6) is 0. The van der Waals surface area contributed by atoms with Gasteiger partial charge in [-0.3, -0.25) is 0 Å². The molecule has 0 amide bonds. The predicted octanol–water partition coefficient (Wildman–Crippen LogP) is 11.1. The van der Waals surface area contributed by atoms with Gasteiger partial charge < -0.3 is 4.90 Å². The molecule has 1 aliphatic heterocycles. The van der Waals surface area contributed by atoms with Crippen LogP contribution < -0.4 is 4.90 Å². The van der Waals surface area contributed by atoms with Crippen LogP contribution in [-0.4, -0.2) is 15.0 Å². The van der Waals surface area contributed by atoms with E-state index >= 15 is 0 Å². The molecule has 6 aromatic carbocycles. The second-order valence-electron chi connectivity index (χ2n) is 11.8. The second kappa shape index (κ2) is 11.2. The van der Waals surface area contributed by atoms with Crippen LogP contribution in [0.15, 0.2) is 170 Å². The van der Waals surface area contributed by atoms with Crippen molar-refractivity contribution in [2.75, 3.05) is 4.90 Å². The molecule has 0 spiro atoms. The van der Waals surface area contributed by atoms with E-state index in [1.807, 2.05) is 12.3 Å². The van der Waals surface area contributed by atoms with E-state index < -0.39 is 0 Å². The highest BCUT2D eigenvalue weighted by molar-refractivity contribution is 6.14. The Morgan fingerprint density at radius 3 is 1.79 bits per heavy atom. The molecule has 0 bridgehead atoms. The lowest BCUT2D eigenvalue weighted by molar-refractivity contribution is 1.13. The van der Waals surface area contributed by atoms with E-state index in [-0.39, 0.29) is 0 Å². The number of anilines is 3. The fourth-order valence-electron chi connectivity index (χ4n) is 6.72. The molecule has 8 aromatic rings. The van der Waals surface area contributed by atoms with Gasteiger partial charge in [-0.1, -0.05) is 115 Å². The van der Waals surface area contributed by atoms with Crippen LogP contribution in [0, 0.1) is 0 Å². The van der Waals surface area contributed by atoms with Crippen molar-refractivity contribution in [1.82, 2.24) is 15.0 Å². The number of fused-ring (bicyclic) bond motifs is 2. The molecular formula is C43H28N4. The van der Waals surface area contributed by atoms with Crippen LogP contribution in [-0.2, 0) is 0 Å². The number of hydrogen-bond donors (Lipinski definition) is 0. The number of rotatable bonds is 5. The van der Waals surface area contributed by atoms with Crippen molar-refractivity contribution < 1.29 is 0 Å². The second-order valence-corrected chi connectivity index (χ2v) is 11.8. The Morgan fingerprint density at radius 1 is 0.447 bits per heavy atom. The lowest BCUT2D eigenvalue weighted by Gasteiger charge is -2.32. The average Bonchev–Trinajstić information content (AvgIpc) is 3.16. The zero-order valence-corrected chi connectivity index (χ0v) is 25.5. The van der Waals surface area contributed by atoms with E-state index in [4.69, 9.17) is 9.97 Å². The first kappa shape index (κ1) is 27.0. The maximum absolute atomic E-state index is 5.20. The SMILES string of the molecule is c1ccc(-c2cc(-c3ccccc3)nc(-c3cccc(N4c5cncnc5-c5cc(-c6ccccc6)cc6cccc4c56)c3)c2)cc1. The van der Waals surface area contributed by atoms with Crippen LogP contribution in [0.25, 0.3) is 66.8 Å². The van der Waals surface area contributed by atoms with Crippen LogP contribution >= 0.6 is 0 Å². The molecule has 9 rings (SSSR count). The van der Waals surface area contributed by atoms with E-state index in [0.717, 1.165) is 62.0 Å². The van der Waals surface area contributed by atoms with Gasteiger partial charge in [0.15, 0.2) is 0 Å². The molecule has 2 aromatic heterocycles. The summed E-state index contributed by atoms with van der Waals surface area (Å²) in [6.45, 7) is 0. The Bertz CT molecular complexity index is 2350. The van der Waals surface area contributed by atoms with E-state index in [0.29, 0.717) is 0 Å². The van der Waals surface area contributed by atoms with Gasteiger partial charge in [0.2, 0.25) is 0 Å². The highest BCUT2D eigenvalue weighted by Crippen LogP contribution is 2.51. The molecule has 0 aliphatic carbocycles. The van der Waals surface area contributed by atoms with Crippen molar-refractivity contribution in [1.29, 1.82) is 0 Å². The van der Waals surface area contributed by atoms with Gasteiger partial charge in [0.25, 0.3) is 0 Å². The molecule has 4 heteroatoms. The highest BCUT2D eigenvalue weighted by atomic mass is 15.2. The lowest BCUT2D eigenvalue weighted by atomic mass is 9.90. The maximum Gasteiger partial charge on any atom is 0.116 e. The van der Waals surface area contributed by atoms with Crippen LogP contribution in [0.5, 0.6) is 0 Å². The van der Waals surface area contributed by atoms with Crippen LogP contribution in [0.4, 0.5) is 17.1 Å². The summed E-state index contributed by atoms with van der Waals surface area (Å²) in [7, 11) is 0. The summed E-state index contributed by atoms with van der Waals surface area (Å²) in [6, 6.07) is 55.5. The number of aromatic nitrogens is 3. The van der Waals surface area contributed by atoms with E-state index in [1.54, 1.807) is 6.33 Å². The molecule has 0 saturated carbocycles. The zero-order valence-electron chi connectivity index (χ0n) is 25.5. The topological polar surface area (TPSA) is 41.9 Å². The summed E-state index contributed by atoms with van der Waals surface area (Å²) in [5, 5.41) is 2.35. The highest BCUT2D eigenvalue weighted by Gasteiger charge is 2.28. The predicted molar refractivity (Wildman–Crippen MR) is 193 cm³/mol. The first-order chi connectivity index (χ1) is 23.3. The molecule has 0 radical (unpaired) electrons. The Kier molecular flexibility index (Phi) is 6.43. The number of hydrogen-bond acceptors (Lipinski definition) is 4. The third-order valence-corrected chi connectivity index (χ3v) is 8.89. The zero-order chi connectivity index (χ0) is 31.2. The summed E-state index contributed by atoms with van der Waals surface area (Å²) in [4.78, 5) is 16.8. The molecule has 0 N–H and O–H groups in total. The molecule has 4 nitrogen and oxygen atoms in total. The van der Waals surface area contributed by atoms with Crippen molar-refractivity contribution in [2.24, 2.45) is 0 Å². The number of benzene rings is 6. The molecule has 0 fully saturated rings. The Hall–Kier alpha value is -6.39. The number of pyridine rings is 1. The molecule has 0 saturated heterocycles. The van der Waals surface area contributed by atoms with Crippen LogP contribution in [0.1, 0.15) is 0 Å².